The standard InChI is InChI=1S/C19H21N3O5S/c1-12-3-4-14(10-17(12)28(20,25)26)21-19(24)13-9-18(23)22(11-13)15-5-7-16(27-2)8-6-15/h3-8,10,13H,9,11H2,1-2H3,(H,21,24)(H2,20,25,26)/t13-/m1/s1. The number of carbonyl (C=O) groups is 2. The molecule has 0 spiro atoms. The van der Waals surface area contributed by atoms with Gasteiger partial charge >= 0.3 is 0 Å². The van der Waals surface area contributed by atoms with Crippen molar-refractivity contribution in [2.75, 3.05) is 23.9 Å². The Kier molecular flexibility index (Phi) is 5.39. The molecule has 0 radical (unpaired) electrons. The zero-order valence-electron chi connectivity index (χ0n) is 15.5. The van der Waals surface area contributed by atoms with Gasteiger partial charge in [-0.15, -0.1) is 0 Å². The largest absolute Gasteiger partial charge is 0.497 e. The van der Waals surface area contributed by atoms with Crippen molar-refractivity contribution in [2.24, 2.45) is 11.1 Å². The summed E-state index contributed by atoms with van der Waals surface area (Å²) in [6.45, 7) is 1.86. The topological polar surface area (TPSA) is 119 Å². The molecular weight excluding hydrogens is 382 g/mol. The minimum absolute atomic E-state index is 0.0485. The normalized spacial score (nSPS) is 16.9. The van der Waals surface area contributed by atoms with E-state index < -0.39 is 15.9 Å². The Labute approximate surface area is 163 Å². The Bertz CT molecular complexity index is 1020. The monoisotopic (exact) mass is 403 g/mol. The molecule has 3 rings (SSSR count). The van der Waals surface area contributed by atoms with E-state index in [1.165, 1.54) is 6.07 Å². The smallest absolute Gasteiger partial charge is 0.238 e. The average molecular weight is 403 g/mol. The molecule has 0 aliphatic carbocycles. The Morgan fingerprint density at radius 2 is 1.89 bits per heavy atom. The molecule has 1 aliphatic rings. The number of amides is 2. The van der Waals surface area contributed by atoms with Crippen LogP contribution in [-0.4, -0.2) is 33.9 Å². The Balaban J connectivity index is 1.73. The summed E-state index contributed by atoms with van der Waals surface area (Å²) in [5.41, 5.74) is 1.49. The molecule has 0 bridgehead atoms. The summed E-state index contributed by atoms with van der Waals surface area (Å²) in [5.74, 6) is -0.378. The van der Waals surface area contributed by atoms with Crippen molar-refractivity contribution in [3.05, 3.63) is 48.0 Å². The van der Waals surface area contributed by atoms with Crippen molar-refractivity contribution in [1.29, 1.82) is 0 Å². The van der Waals surface area contributed by atoms with Gasteiger partial charge in [0.05, 0.1) is 17.9 Å². The van der Waals surface area contributed by atoms with E-state index in [-0.39, 0.29) is 29.7 Å². The van der Waals surface area contributed by atoms with E-state index >= 15 is 0 Å². The second-order valence-electron chi connectivity index (χ2n) is 6.62. The summed E-state index contributed by atoms with van der Waals surface area (Å²) >= 11 is 0. The van der Waals surface area contributed by atoms with Crippen LogP contribution in [0.1, 0.15) is 12.0 Å². The summed E-state index contributed by atoms with van der Waals surface area (Å²) in [5, 5.41) is 7.88. The highest BCUT2D eigenvalue weighted by Crippen LogP contribution is 2.28. The number of benzene rings is 2. The fourth-order valence-corrected chi connectivity index (χ4v) is 3.93. The maximum Gasteiger partial charge on any atom is 0.238 e. The van der Waals surface area contributed by atoms with Gasteiger partial charge < -0.3 is 15.0 Å². The van der Waals surface area contributed by atoms with E-state index in [4.69, 9.17) is 9.88 Å². The number of hydrogen-bond acceptors (Lipinski definition) is 5. The first-order chi connectivity index (χ1) is 13.2. The molecule has 0 saturated carbocycles. The first-order valence-corrected chi connectivity index (χ1v) is 10.1. The van der Waals surface area contributed by atoms with E-state index in [0.29, 0.717) is 22.7 Å². The lowest BCUT2D eigenvalue weighted by atomic mass is 10.1. The van der Waals surface area contributed by atoms with Gasteiger partial charge in [-0.05, 0) is 48.9 Å². The quantitative estimate of drug-likeness (QED) is 0.787. The number of nitrogens with one attached hydrogen (secondary N) is 1. The predicted octanol–water partition coefficient (Wildman–Crippen LogP) is 1.64. The third-order valence-electron chi connectivity index (χ3n) is 4.64. The molecule has 148 valence electrons. The van der Waals surface area contributed by atoms with Gasteiger partial charge in [0.15, 0.2) is 0 Å². The maximum absolute atomic E-state index is 12.6. The van der Waals surface area contributed by atoms with Crippen molar-refractivity contribution < 1.29 is 22.7 Å². The number of nitrogens with zero attached hydrogens (tertiary/aromatic N) is 1. The SMILES string of the molecule is COc1ccc(N2C[C@H](C(=O)Nc3ccc(C)c(S(N)(=O)=O)c3)CC2=O)cc1. The molecule has 28 heavy (non-hydrogen) atoms. The van der Waals surface area contributed by atoms with Crippen LogP contribution < -0.4 is 20.1 Å². The van der Waals surface area contributed by atoms with Crippen LogP contribution >= 0.6 is 0 Å². The second kappa shape index (κ2) is 7.61. The number of hydrogen-bond donors (Lipinski definition) is 2. The van der Waals surface area contributed by atoms with Gasteiger partial charge in [-0.3, -0.25) is 9.59 Å². The first-order valence-electron chi connectivity index (χ1n) is 8.58. The molecule has 1 saturated heterocycles. The number of nitrogens with two attached hydrogens (primary N) is 1. The number of carbonyl (C=O) groups excluding carboxylic acids is 2. The zero-order valence-corrected chi connectivity index (χ0v) is 16.3. The number of sulfonamides is 1. The Hall–Kier alpha value is -2.91. The summed E-state index contributed by atoms with van der Waals surface area (Å²) in [7, 11) is -2.34. The molecule has 9 heteroatoms. The van der Waals surface area contributed by atoms with Gasteiger partial charge in [0.1, 0.15) is 5.75 Å². The summed E-state index contributed by atoms with van der Waals surface area (Å²) in [6.07, 6.45) is 0.0752. The molecule has 2 aromatic rings. The minimum Gasteiger partial charge on any atom is -0.497 e. The molecular formula is C19H21N3O5S. The number of methoxy groups -OCH3 is 1. The zero-order chi connectivity index (χ0) is 20.5. The number of anilines is 2. The van der Waals surface area contributed by atoms with Crippen molar-refractivity contribution in [3.8, 4) is 5.75 Å². The second-order valence-corrected chi connectivity index (χ2v) is 8.15. The molecule has 1 atom stereocenters. The Morgan fingerprint density at radius 1 is 1.21 bits per heavy atom. The predicted molar refractivity (Wildman–Crippen MR) is 105 cm³/mol. The van der Waals surface area contributed by atoms with Gasteiger partial charge in [0.25, 0.3) is 0 Å². The van der Waals surface area contributed by atoms with Crippen molar-refractivity contribution in [2.45, 2.75) is 18.2 Å². The van der Waals surface area contributed by atoms with Crippen LogP contribution in [0.25, 0.3) is 0 Å². The van der Waals surface area contributed by atoms with E-state index in [1.54, 1.807) is 55.3 Å². The fourth-order valence-electron chi connectivity index (χ4n) is 3.12. The number of primary sulfonamides is 1. The van der Waals surface area contributed by atoms with Gasteiger partial charge in [-0.1, -0.05) is 6.07 Å². The average Bonchev–Trinajstić information content (AvgIpc) is 3.04. The van der Waals surface area contributed by atoms with Crippen molar-refractivity contribution >= 4 is 33.2 Å². The summed E-state index contributed by atoms with van der Waals surface area (Å²) in [4.78, 5) is 26.4. The van der Waals surface area contributed by atoms with Crippen molar-refractivity contribution in [3.63, 3.8) is 0 Å². The molecule has 0 aromatic heterocycles. The van der Waals surface area contributed by atoms with Gasteiger partial charge in [-0.2, -0.15) is 0 Å². The third-order valence-corrected chi connectivity index (χ3v) is 5.70. The van der Waals surface area contributed by atoms with Crippen LogP contribution in [0.15, 0.2) is 47.4 Å². The van der Waals surface area contributed by atoms with E-state index in [9.17, 15) is 18.0 Å². The highest BCUT2D eigenvalue weighted by atomic mass is 32.2. The molecule has 3 N–H and O–H groups in total. The van der Waals surface area contributed by atoms with Crippen LogP contribution in [0.5, 0.6) is 5.75 Å². The van der Waals surface area contributed by atoms with Crippen molar-refractivity contribution in [1.82, 2.24) is 0 Å². The first kappa shape index (κ1) is 19.8. The van der Waals surface area contributed by atoms with Crippen LogP contribution in [0.3, 0.4) is 0 Å². The lowest BCUT2D eigenvalue weighted by molar-refractivity contribution is -0.122. The molecule has 0 unspecified atom stereocenters. The highest BCUT2D eigenvalue weighted by molar-refractivity contribution is 7.89. The van der Waals surface area contributed by atoms with E-state index in [0.717, 1.165) is 0 Å². The minimum atomic E-state index is -3.89. The maximum atomic E-state index is 12.6. The van der Waals surface area contributed by atoms with Crippen LogP contribution in [0.4, 0.5) is 11.4 Å². The molecule has 1 aliphatic heterocycles. The highest BCUT2D eigenvalue weighted by Gasteiger charge is 2.35. The number of rotatable bonds is 5. The lowest BCUT2D eigenvalue weighted by Crippen LogP contribution is -2.28. The molecule has 1 heterocycles. The fraction of sp³-hybridized carbons (Fsp3) is 0.263. The van der Waals surface area contributed by atoms with E-state index in [1.807, 2.05) is 0 Å². The van der Waals surface area contributed by atoms with Crippen LogP contribution in [-0.2, 0) is 19.6 Å². The summed E-state index contributed by atoms with van der Waals surface area (Å²) in [6, 6.07) is 11.5. The van der Waals surface area contributed by atoms with Gasteiger partial charge in [0.2, 0.25) is 21.8 Å². The Morgan fingerprint density at radius 3 is 2.50 bits per heavy atom. The van der Waals surface area contributed by atoms with Gasteiger partial charge in [0, 0.05) is 24.3 Å². The van der Waals surface area contributed by atoms with E-state index in [2.05, 4.69) is 5.32 Å². The van der Waals surface area contributed by atoms with Crippen LogP contribution in [0.2, 0.25) is 0 Å². The van der Waals surface area contributed by atoms with Gasteiger partial charge in [-0.25, -0.2) is 13.6 Å². The van der Waals surface area contributed by atoms with Crippen LogP contribution in [0, 0.1) is 12.8 Å². The molecule has 2 amide bonds. The summed E-state index contributed by atoms with van der Waals surface area (Å²) < 4.78 is 28.4. The molecule has 1 fully saturated rings. The molecule has 2 aromatic carbocycles. The molecule has 8 nitrogen and oxygen atoms in total. The lowest BCUT2D eigenvalue weighted by Gasteiger charge is -2.17. The number of aryl methyl sites for hydroxylation is 1. The number of ether oxygens (including phenoxy) is 1. The third kappa shape index (κ3) is 4.15.